The highest BCUT2D eigenvalue weighted by atomic mass is 127. The van der Waals surface area contributed by atoms with Crippen LogP contribution in [0.25, 0.3) is 16.6 Å². The third-order valence-electron chi connectivity index (χ3n) is 6.74. The van der Waals surface area contributed by atoms with Gasteiger partial charge in [-0.1, -0.05) is 68.5 Å². The van der Waals surface area contributed by atoms with E-state index in [0.717, 1.165) is 22.5 Å². The second-order valence-electron chi connectivity index (χ2n) is 11.3. The minimum Gasteiger partial charge on any atom is -0.487 e. The fraction of sp³-hybridized carbons (Fsp3) is 0.286. The van der Waals surface area contributed by atoms with E-state index in [0.29, 0.717) is 38.9 Å². The smallest absolute Gasteiger partial charge is 0.324 e. The zero-order chi connectivity index (χ0) is 34.0. The Morgan fingerprint density at radius 1 is 0.979 bits per heavy atom. The van der Waals surface area contributed by atoms with Crippen LogP contribution in [0.1, 0.15) is 46.4 Å². The predicted molar refractivity (Wildman–Crippen MR) is 197 cm³/mol. The third-order valence-corrected chi connectivity index (χ3v) is 6.74. The van der Waals surface area contributed by atoms with E-state index in [2.05, 4.69) is 46.7 Å². The summed E-state index contributed by atoms with van der Waals surface area (Å²) in [6.45, 7) is 8.42. The lowest BCUT2D eigenvalue weighted by atomic mass is 9.92. The van der Waals surface area contributed by atoms with Crippen molar-refractivity contribution in [2.75, 3.05) is 34.6 Å². The lowest BCUT2D eigenvalue weighted by molar-refractivity contribution is -0.119. The molecule has 5 aromatic rings. The monoisotopic (exact) mass is 752 g/mol. The van der Waals surface area contributed by atoms with Gasteiger partial charge >= 0.3 is 6.03 Å². The van der Waals surface area contributed by atoms with Gasteiger partial charge in [-0.15, -0.1) is 0 Å². The molecule has 0 saturated heterocycles. The fourth-order valence-corrected chi connectivity index (χ4v) is 4.47. The molecule has 0 atom stereocenters. The Hall–Kier alpha value is -4.56. The third kappa shape index (κ3) is 9.72. The van der Waals surface area contributed by atoms with Crippen molar-refractivity contribution in [2.45, 2.75) is 47.1 Å². The quantitative estimate of drug-likeness (QED) is 0.103. The van der Waals surface area contributed by atoms with Crippen LogP contribution in [0.2, 0.25) is 0 Å². The number of amides is 3. The van der Waals surface area contributed by atoms with Crippen LogP contribution in [0.15, 0.2) is 79.1 Å². The lowest BCUT2D eigenvalue weighted by Crippen LogP contribution is -2.21. The topological polar surface area (TPSA) is 132 Å². The molecule has 3 aromatic heterocycles. The van der Waals surface area contributed by atoms with Gasteiger partial charge in [-0.2, -0.15) is 5.10 Å². The highest BCUT2D eigenvalue weighted by molar-refractivity contribution is 14.1. The summed E-state index contributed by atoms with van der Waals surface area (Å²) in [5.41, 5.74) is 4.58. The number of hydrogen-bond donors (Lipinski definition) is 3. The maximum absolute atomic E-state index is 13.3. The van der Waals surface area contributed by atoms with Crippen LogP contribution in [0, 0.1) is 6.92 Å². The summed E-state index contributed by atoms with van der Waals surface area (Å²) in [7, 11) is 1.45. The van der Waals surface area contributed by atoms with E-state index in [-0.39, 0.29) is 32.0 Å². The zero-order valence-electron chi connectivity index (χ0n) is 27.4. The van der Waals surface area contributed by atoms with Crippen LogP contribution >= 0.6 is 22.6 Å². The molecule has 11 nitrogen and oxygen atoms in total. The molecule has 0 spiro atoms. The lowest BCUT2D eigenvalue weighted by Gasteiger charge is -2.14. The van der Waals surface area contributed by atoms with Crippen molar-refractivity contribution in [3.05, 3.63) is 95.9 Å². The average molecular weight is 753 g/mol. The van der Waals surface area contributed by atoms with Gasteiger partial charge in [0.15, 0.2) is 0 Å². The Morgan fingerprint density at radius 2 is 1.72 bits per heavy atom. The van der Waals surface area contributed by atoms with Crippen molar-refractivity contribution in [2.24, 2.45) is 0 Å². The first-order chi connectivity index (χ1) is 22.5. The molecule has 2 aromatic carbocycles. The Kier molecular flexibility index (Phi) is 12.6. The summed E-state index contributed by atoms with van der Waals surface area (Å²) in [5, 5.41) is 14.1. The first kappa shape index (κ1) is 35.3. The number of benzene rings is 2. The number of rotatable bonds is 9. The van der Waals surface area contributed by atoms with Crippen LogP contribution in [0.3, 0.4) is 0 Å². The number of alkyl halides is 1. The number of halogens is 1. The molecular formula is C35H42IN7O4. The zero-order valence-corrected chi connectivity index (χ0v) is 28.6. The van der Waals surface area contributed by atoms with E-state index < -0.39 is 6.03 Å². The van der Waals surface area contributed by atoms with Gasteiger partial charge < -0.3 is 20.1 Å². The number of ether oxygens (including phenoxy) is 2. The van der Waals surface area contributed by atoms with Gasteiger partial charge in [-0.05, 0) is 65.9 Å². The van der Waals surface area contributed by atoms with Crippen LogP contribution in [-0.2, 0) is 21.6 Å². The van der Waals surface area contributed by atoms with Crippen LogP contribution in [0.4, 0.5) is 22.1 Å². The van der Waals surface area contributed by atoms with Crippen molar-refractivity contribution in [3.63, 3.8) is 0 Å². The second-order valence-corrected chi connectivity index (χ2v) is 11.3. The highest BCUT2D eigenvalue weighted by Crippen LogP contribution is 2.31. The maximum Gasteiger partial charge on any atom is 0.324 e. The fourth-order valence-electron chi connectivity index (χ4n) is 4.47. The molecule has 3 heterocycles. The number of aryl methyl sites for hydroxylation is 1. The number of aromatic nitrogens is 4. The Bertz CT molecular complexity index is 1820. The molecule has 3 N–H and O–H groups in total. The van der Waals surface area contributed by atoms with Crippen molar-refractivity contribution in [1.82, 2.24) is 19.7 Å². The van der Waals surface area contributed by atoms with Gasteiger partial charge in [0.05, 0.1) is 17.1 Å². The molecule has 12 heteroatoms. The van der Waals surface area contributed by atoms with Gasteiger partial charge in [-0.3, -0.25) is 15.1 Å². The van der Waals surface area contributed by atoms with Crippen LogP contribution in [0.5, 0.6) is 5.75 Å². The summed E-state index contributed by atoms with van der Waals surface area (Å²) in [6.07, 6.45) is 3.27. The molecule has 0 saturated carbocycles. The van der Waals surface area contributed by atoms with E-state index in [1.165, 1.54) is 7.11 Å². The van der Waals surface area contributed by atoms with Gasteiger partial charge in [0.2, 0.25) is 0 Å². The molecule has 0 unspecified atom stereocenters. The first-order valence-electron chi connectivity index (χ1n) is 15.1. The molecule has 0 fully saturated rings. The van der Waals surface area contributed by atoms with Crippen molar-refractivity contribution >= 4 is 62.8 Å². The van der Waals surface area contributed by atoms with Crippen molar-refractivity contribution in [1.29, 1.82) is 0 Å². The molecule has 3 amide bonds. The summed E-state index contributed by atoms with van der Waals surface area (Å²) in [5.74, 6) is 1.20. The second kappa shape index (κ2) is 16.8. The number of pyridine rings is 2. The highest BCUT2D eigenvalue weighted by Gasteiger charge is 2.22. The van der Waals surface area contributed by atoms with Crippen LogP contribution in [-0.4, -0.2) is 50.3 Å². The Morgan fingerprint density at radius 3 is 2.43 bits per heavy atom. The number of anilines is 3. The van der Waals surface area contributed by atoms with E-state index in [4.69, 9.17) is 15.9 Å². The largest absolute Gasteiger partial charge is 0.487 e. The number of nitrogens with one attached hydrogen (secondary N) is 3. The van der Waals surface area contributed by atoms with Gasteiger partial charge in [0.25, 0.3) is 5.91 Å². The van der Waals surface area contributed by atoms with Crippen molar-refractivity contribution in [3.8, 4) is 11.4 Å². The molecule has 0 bridgehead atoms. The maximum atomic E-state index is 13.3. The average Bonchev–Trinajstić information content (AvgIpc) is 3.46. The van der Waals surface area contributed by atoms with E-state index in [1.807, 2.05) is 65.9 Å². The summed E-state index contributed by atoms with van der Waals surface area (Å²) in [6, 6.07) is 20.2. The van der Waals surface area contributed by atoms with Gasteiger partial charge in [0.1, 0.15) is 36.1 Å². The normalized spacial score (nSPS) is 11.0. The molecule has 0 aliphatic rings. The number of carbonyl (C=O) groups excluding carboxylic acids is 2. The Labute approximate surface area is 291 Å². The van der Waals surface area contributed by atoms with Crippen molar-refractivity contribution < 1.29 is 20.4 Å². The number of urea groups is 1. The molecule has 248 valence electrons. The number of fused-ring (bicyclic) bond motifs is 1. The van der Waals surface area contributed by atoms with E-state index >= 15 is 0 Å². The summed E-state index contributed by atoms with van der Waals surface area (Å²) < 4.78 is 18.9. The molecule has 0 radical (unpaired) electrons. The number of nitrogens with zero attached hydrogens (tertiary/aromatic N) is 4. The summed E-state index contributed by atoms with van der Waals surface area (Å²) >= 11 is 1.96. The molecule has 0 aliphatic carbocycles. The van der Waals surface area contributed by atoms with Crippen LogP contribution < -0.4 is 20.7 Å². The molecule has 47 heavy (non-hydrogen) atoms. The molecule has 0 aliphatic heterocycles. The van der Waals surface area contributed by atoms with Gasteiger partial charge in [-0.25, -0.2) is 14.5 Å². The van der Waals surface area contributed by atoms with Gasteiger partial charge in [0, 0.05) is 37.7 Å². The first-order valence-corrected chi connectivity index (χ1v) is 15.9. The number of methoxy groups -OCH3 is 1. The minimum atomic E-state index is -0.419. The molecule has 5 rings (SSSR count). The standard InChI is InChI=1S/C33H35N7O4.CH3I.CH4/c1-21-8-10-23(11-9-21)40-29(18-27(39-40)33(2,3)4)38-32(42)36-25-12-13-26(31-24(25)7-6-15-35-31)44-19-22-14-16-34-28(17-22)37-30(41)20-43-5;1-2;/h6-18H,19-20H2,1-5H3,(H,34,37,41)(H2,36,38,42);1H3;1H4/i;1D;. The minimum absolute atomic E-state index is 0. The van der Waals surface area contributed by atoms with E-state index in [9.17, 15) is 9.59 Å². The number of carbonyl (C=O) groups is 2. The summed E-state index contributed by atoms with van der Waals surface area (Å²) in [4.78, 5) is 34.3. The predicted octanol–water partition coefficient (Wildman–Crippen LogP) is 7.92. The Balaban J connectivity index is 0.00000151. The number of hydrogen-bond acceptors (Lipinski definition) is 7. The molecular weight excluding hydrogens is 709 g/mol. The SMILES string of the molecule is C.COCC(=O)Nc1cc(COc2ccc(NC(=O)Nc3cc(C(C)(C)C)nn3-c3ccc(C)cc3)c3cccnc23)ccn1.[2H]CI. The van der Waals surface area contributed by atoms with E-state index in [1.54, 1.807) is 47.4 Å².